The first-order valence-corrected chi connectivity index (χ1v) is 7.78. The summed E-state index contributed by atoms with van der Waals surface area (Å²) >= 11 is 1.67. The topological polar surface area (TPSA) is 50.7 Å². The van der Waals surface area contributed by atoms with E-state index in [-0.39, 0.29) is 0 Å². The molecule has 0 unspecified atom stereocenters. The molecule has 0 saturated carbocycles. The molecule has 0 radical (unpaired) electrons. The Morgan fingerprint density at radius 3 is 2.76 bits per heavy atom. The molecule has 106 valence electrons. The fraction of sp³-hybridized carbons (Fsp3) is 0.188. The Balaban J connectivity index is 1.77. The number of nitrogens with one attached hydrogen (secondary N) is 1. The SMILES string of the molecule is CCNc1nccc(Cc2nc(-c3ccccc3)cs2)n1. The number of nitrogens with zero attached hydrogens (tertiary/aromatic N) is 3. The Morgan fingerprint density at radius 1 is 1.10 bits per heavy atom. The minimum atomic E-state index is 0.676. The Labute approximate surface area is 127 Å². The Hall–Kier alpha value is -2.27. The minimum Gasteiger partial charge on any atom is -0.354 e. The van der Waals surface area contributed by atoms with Gasteiger partial charge >= 0.3 is 0 Å². The molecule has 3 aromatic rings. The zero-order valence-corrected chi connectivity index (χ0v) is 12.6. The summed E-state index contributed by atoms with van der Waals surface area (Å²) in [5, 5.41) is 6.28. The van der Waals surface area contributed by atoms with E-state index in [1.165, 1.54) is 0 Å². The first-order chi connectivity index (χ1) is 10.3. The molecule has 1 N–H and O–H groups in total. The standard InChI is InChI=1S/C16H16N4S/c1-2-17-16-18-9-8-13(19-16)10-15-20-14(11-21-15)12-6-4-3-5-7-12/h3-9,11H,2,10H2,1H3,(H,17,18,19). The van der Waals surface area contributed by atoms with Gasteiger partial charge in [-0.25, -0.2) is 15.0 Å². The van der Waals surface area contributed by atoms with Gasteiger partial charge in [0.15, 0.2) is 0 Å². The zero-order valence-electron chi connectivity index (χ0n) is 11.8. The summed E-state index contributed by atoms with van der Waals surface area (Å²) in [6.07, 6.45) is 2.52. The summed E-state index contributed by atoms with van der Waals surface area (Å²) in [6, 6.07) is 12.2. The third-order valence-electron chi connectivity index (χ3n) is 3.00. The number of hydrogen-bond donors (Lipinski definition) is 1. The second kappa shape index (κ2) is 6.45. The molecule has 0 aliphatic carbocycles. The fourth-order valence-corrected chi connectivity index (χ4v) is 2.85. The molecular weight excluding hydrogens is 280 g/mol. The quantitative estimate of drug-likeness (QED) is 0.781. The van der Waals surface area contributed by atoms with Crippen molar-refractivity contribution in [1.82, 2.24) is 15.0 Å². The predicted octanol–water partition coefficient (Wildman–Crippen LogP) is 3.62. The number of anilines is 1. The van der Waals surface area contributed by atoms with Crippen molar-refractivity contribution in [2.24, 2.45) is 0 Å². The van der Waals surface area contributed by atoms with Crippen LogP contribution in [0.3, 0.4) is 0 Å². The molecule has 0 atom stereocenters. The fourth-order valence-electron chi connectivity index (χ4n) is 2.03. The maximum atomic E-state index is 4.69. The van der Waals surface area contributed by atoms with Gasteiger partial charge in [0.05, 0.1) is 16.4 Å². The van der Waals surface area contributed by atoms with Crippen LogP contribution < -0.4 is 5.32 Å². The molecule has 2 heterocycles. The van der Waals surface area contributed by atoms with Crippen molar-refractivity contribution in [2.45, 2.75) is 13.3 Å². The molecule has 0 aliphatic heterocycles. The van der Waals surface area contributed by atoms with Gasteiger partial charge in [0.1, 0.15) is 0 Å². The van der Waals surface area contributed by atoms with E-state index in [9.17, 15) is 0 Å². The zero-order chi connectivity index (χ0) is 14.5. The van der Waals surface area contributed by atoms with Crippen LogP contribution in [0.4, 0.5) is 5.95 Å². The molecule has 2 aromatic heterocycles. The lowest BCUT2D eigenvalue weighted by atomic mass is 10.2. The van der Waals surface area contributed by atoms with Crippen molar-refractivity contribution in [2.75, 3.05) is 11.9 Å². The van der Waals surface area contributed by atoms with E-state index >= 15 is 0 Å². The molecule has 0 saturated heterocycles. The molecule has 0 aliphatic rings. The van der Waals surface area contributed by atoms with Gasteiger partial charge in [-0.05, 0) is 13.0 Å². The number of thiazole rings is 1. The van der Waals surface area contributed by atoms with Gasteiger partial charge in [0.25, 0.3) is 0 Å². The molecule has 3 rings (SSSR count). The van der Waals surface area contributed by atoms with Crippen molar-refractivity contribution < 1.29 is 0 Å². The van der Waals surface area contributed by atoms with Crippen molar-refractivity contribution in [1.29, 1.82) is 0 Å². The van der Waals surface area contributed by atoms with Crippen molar-refractivity contribution in [3.63, 3.8) is 0 Å². The van der Waals surface area contributed by atoms with Crippen LogP contribution in [0.1, 0.15) is 17.6 Å². The second-order valence-electron chi connectivity index (χ2n) is 4.57. The largest absolute Gasteiger partial charge is 0.354 e. The third-order valence-corrected chi connectivity index (χ3v) is 3.85. The molecule has 21 heavy (non-hydrogen) atoms. The van der Waals surface area contributed by atoms with Gasteiger partial charge in [0.2, 0.25) is 5.95 Å². The maximum absolute atomic E-state index is 4.69. The number of benzene rings is 1. The van der Waals surface area contributed by atoms with Gasteiger partial charge in [-0.2, -0.15) is 0 Å². The van der Waals surface area contributed by atoms with E-state index < -0.39 is 0 Å². The molecule has 0 fully saturated rings. The average molecular weight is 296 g/mol. The molecule has 0 bridgehead atoms. The van der Waals surface area contributed by atoms with Gasteiger partial charge in [-0.15, -0.1) is 11.3 Å². The van der Waals surface area contributed by atoms with E-state index in [1.54, 1.807) is 17.5 Å². The Kier molecular flexibility index (Phi) is 4.21. The Bertz CT molecular complexity index is 709. The Morgan fingerprint density at radius 2 is 1.95 bits per heavy atom. The minimum absolute atomic E-state index is 0.676. The second-order valence-corrected chi connectivity index (χ2v) is 5.51. The highest BCUT2D eigenvalue weighted by atomic mass is 32.1. The van der Waals surface area contributed by atoms with Crippen LogP contribution in [-0.2, 0) is 6.42 Å². The molecular formula is C16H16N4S. The predicted molar refractivity (Wildman–Crippen MR) is 86.6 cm³/mol. The first kappa shape index (κ1) is 13.7. The third kappa shape index (κ3) is 3.44. The van der Waals surface area contributed by atoms with Crippen LogP contribution in [0.15, 0.2) is 48.0 Å². The molecule has 0 spiro atoms. The van der Waals surface area contributed by atoms with Gasteiger partial charge < -0.3 is 5.32 Å². The van der Waals surface area contributed by atoms with Crippen LogP contribution in [0.5, 0.6) is 0 Å². The average Bonchev–Trinajstić information content (AvgIpc) is 2.97. The summed E-state index contributed by atoms with van der Waals surface area (Å²) in [5.74, 6) is 0.676. The van der Waals surface area contributed by atoms with Crippen molar-refractivity contribution in [3.05, 3.63) is 58.7 Å². The number of hydrogen-bond acceptors (Lipinski definition) is 5. The lowest BCUT2D eigenvalue weighted by molar-refractivity contribution is 0.997. The molecule has 0 amide bonds. The van der Waals surface area contributed by atoms with E-state index in [2.05, 4.69) is 37.8 Å². The van der Waals surface area contributed by atoms with E-state index in [0.29, 0.717) is 5.95 Å². The lowest BCUT2D eigenvalue weighted by Crippen LogP contribution is -2.03. The summed E-state index contributed by atoms with van der Waals surface area (Å²) in [6.45, 7) is 2.85. The van der Waals surface area contributed by atoms with Crippen molar-refractivity contribution >= 4 is 17.3 Å². The molecule has 1 aromatic carbocycles. The first-order valence-electron chi connectivity index (χ1n) is 6.91. The molecule has 4 nitrogen and oxygen atoms in total. The number of rotatable bonds is 5. The summed E-state index contributed by atoms with van der Waals surface area (Å²) < 4.78 is 0. The van der Waals surface area contributed by atoms with E-state index in [1.807, 2.05) is 31.2 Å². The van der Waals surface area contributed by atoms with Gasteiger partial charge in [0, 0.05) is 30.1 Å². The van der Waals surface area contributed by atoms with Crippen LogP contribution in [0, 0.1) is 0 Å². The number of aromatic nitrogens is 3. The van der Waals surface area contributed by atoms with Crippen LogP contribution in [0.2, 0.25) is 0 Å². The summed E-state index contributed by atoms with van der Waals surface area (Å²) in [5.41, 5.74) is 3.16. The van der Waals surface area contributed by atoms with E-state index in [4.69, 9.17) is 0 Å². The van der Waals surface area contributed by atoms with Crippen LogP contribution in [-0.4, -0.2) is 21.5 Å². The smallest absolute Gasteiger partial charge is 0.222 e. The highest BCUT2D eigenvalue weighted by molar-refractivity contribution is 7.10. The van der Waals surface area contributed by atoms with Gasteiger partial charge in [-0.3, -0.25) is 0 Å². The summed E-state index contributed by atoms with van der Waals surface area (Å²) in [4.78, 5) is 13.4. The van der Waals surface area contributed by atoms with E-state index in [0.717, 1.165) is 34.9 Å². The summed E-state index contributed by atoms with van der Waals surface area (Å²) in [7, 11) is 0. The maximum Gasteiger partial charge on any atom is 0.222 e. The normalized spacial score (nSPS) is 10.5. The van der Waals surface area contributed by atoms with Crippen LogP contribution >= 0.6 is 11.3 Å². The highest BCUT2D eigenvalue weighted by Gasteiger charge is 2.06. The monoisotopic (exact) mass is 296 g/mol. The van der Waals surface area contributed by atoms with Crippen LogP contribution in [0.25, 0.3) is 11.3 Å². The van der Waals surface area contributed by atoms with Crippen molar-refractivity contribution in [3.8, 4) is 11.3 Å². The lowest BCUT2D eigenvalue weighted by Gasteiger charge is -2.02. The van der Waals surface area contributed by atoms with Gasteiger partial charge in [-0.1, -0.05) is 30.3 Å². The highest BCUT2D eigenvalue weighted by Crippen LogP contribution is 2.22. The molecule has 5 heteroatoms.